The van der Waals surface area contributed by atoms with Crippen molar-refractivity contribution in [3.63, 3.8) is 0 Å². The van der Waals surface area contributed by atoms with E-state index in [-0.39, 0.29) is 29.0 Å². The molecular weight excluding hydrogens is 298 g/mol. The second kappa shape index (κ2) is 6.53. The SMILES string of the molecule is CC(C)Cc1noc(COc2ccc(Cl)cc2[N+](=O)[O-])n1. The van der Waals surface area contributed by atoms with Crippen LogP contribution in [-0.2, 0) is 13.0 Å². The highest BCUT2D eigenvalue weighted by molar-refractivity contribution is 6.30. The van der Waals surface area contributed by atoms with E-state index in [0.717, 1.165) is 0 Å². The summed E-state index contributed by atoms with van der Waals surface area (Å²) in [5.41, 5.74) is -0.204. The van der Waals surface area contributed by atoms with Gasteiger partial charge in [0, 0.05) is 17.5 Å². The molecule has 0 N–H and O–H groups in total. The molecule has 0 bridgehead atoms. The highest BCUT2D eigenvalue weighted by Gasteiger charge is 2.17. The minimum atomic E-state index is -0.556. The van der Waals surface area contributed by atoms with E-state index >= 15 is 0 Å². The molecule has 8 heteroatoms. The van der Waals surface area contributed by atoms with Gasteiger partial charge in [0.1, 0.15) is 0 Å². The van der Waals surface area contributed by atoms with E-state index in [1.54, 1.807) is 0 Å². The van der Waals surface area contributed by atoms with Gasteiger partial charge in [-0.1, -0.05) is 30.6 Å². The van der Waals surface area contributed by atoms with Gasteiger partial charge in [0.25, 0.3) is 5.89 Å². The van der Waals surface area contributed by atoms with Crippen molar-refractivity contribution in [3.8, 4) is 5.75 Å². The highest BCUT2D eigenvalue weighted by atomic mass is 35.5. The normalized spacial score (nSPS) is 10.9. The maximum absolute atomic E-state index is 10.9. The zero-order valence-corrected chi connectivity index (χ0v) is 12.3. The number of nitrogens with zero attached hydrogens (tertiary/aromatic N) is 3. The van der Waals surface area contributed by atoms with Gasteiger partial charge in [-0.05, 0) is 18.1 Å². The zero-order valence-electron chi connectivity index (χ0n) is 11.6. The van der Waals surface area contributed by atoms with Crippen molar-refractivity contribution in [1.82, 2.24) is 10.1 Å². The van der Waals surface area contributed by atoms with Gasteiger partial charge in [0.2, 0.25) is 0 Å². The maximum Gasteiger partial charge on any atom is 0.312 e. The molecule has 21 heavy (non-hydrogen) atoms. The van der Waals surface area contributed by atoms with E-state index in [1.807, 2.05) is 13.8 Å². The standard InChI is InChI=1S/C13H14ClN3O4/c1-8(2)5-12-15-13(21-16-12)7-20-11-4-3-9(14)6-10(11)17(18)19/h3-4,6,8H,5,7H2,1-2H3. The molecule has 0 unspecified atom stereocenters. The first-order valence-corrected chi connectivity index (χ1v) is 6.71. The molecule has 0 fully saturated rings. The van der Waals surface area contributed by atoms with Gasteiger partial charge >= 0.3 is 5.69 Å². The number of nitro groups is 1. The molecule has 112 valence electrons. The van der Waals surface area contributed by atoms with Gasteiger partial charge in [-0.2, -0.15) is 4.98 Å². The Bertz CT molecular complexity index is 642. The second-order valence-corrected chi connectivity index (χ2v) is 5.30. The van der Waals surface area contributed by atoms with Crippen LogP contribution in [0.3, 0.4) is 0 Å². The molecule has 1 heterocycles. The molecule has 0 aliphatic rings. The molecular formula is C13H14ClN3O4. The first kappa shape index (κ1) is 15.2. The Balaban J connectivity index is 2.06. The summed E-state index contributed by atoms with van der Waals surface area (Å²) >= 11 is 5.73. The van der Waals surface area contributed by atoms with Crippen LogP contribution in [0.1, 0.15) is 25.6 Å². The van der Waals surface area contributed by atoms with Crippen LogP contribution in [0.5, 0.6) is 5.75 Å². The van der Waals surface area contributed by atoms with E-state index in [4.69, 9.17) is 20.9 Å². The third-order valence-electron chi connectivity index (χ3n) is 2.57. The van der Waals surface area contributed by atoms with E-state index in [2.05, 4.69) is 10.1 Å². The number of hydrogen-bond donors (Lipinski definition) is 0. The Morgan fingerprint density at radius 3 is 2.90 bits per heavy atom. The van der Waals surface area contributed by atoms with Crippen LogP contribution in [0.2, 0.25) is 5.02 Å². The molecule has 0 saturated heterocycles. The number of ether oxygens (including phenoxy) is 1. The molecule has 0 aliphatic heterocycles. The molecule has 1 aromatic carbocycles. The summed E-state index contributed by atoms with van der Waals surface area (Å²) in [4.78, 5) is 14.5. The van der Waals surface area contributed by atoms with Crippen molar-refractivity contribution >= 4 is 17.3 Å². The maximum atomic E-state index is 10.9. The van der Waals surface area contributed by atoms with E-state index in [1.165, 1.54) is 18.2 Å². The van der Waals surface area contributed by atoms with Crippen molar-refractivity contribution in [2.75, 3.05) is 0 Å². The lowest BCUT2D eigenvalue weighted by Gasteiger charge is -2.04. The molecule has 0 aliphatic carbocycles. The van der Waals surface area contributed by atoms with Gasteiger partial charge < -0.3 is 9.26 Å². The van der Waals surface area contributed by atoms with E-state index in [9.17, 15) is 10.1 Å². The Morgan fingerprint density at radius 2 is 2.24 bits per heavy atom. The minimum Gasteiger partial charge on any atom is -0.477 e. The molecule has 0 saturated carbocycles. The number of aromatic nitrogens is 2. The number of rotatable bonds is 6. The lowest BCUT2D eigenvalue weighted by molar-refractivity contribution is -0.385. The van der Waals surface area contributed by atoms with Crippen LogP contribution in [0.15, 0.2) is 22.7 Å². The van der Waals surface area contributed by atoms with Gasteiger partial charge in [-0.25, -0.2) is 0 Å². The number of benzene rings is 1. The third-order valence-corrected chi connectivity index (χ3v) is 2.80. The van der Waals surface area contributed by atoms with Crippen molar-refractivity contribution < 1.29 is 14.2 Å². The van der Waals surface area contributed by atoms with Crippen LogP contribution in [0.25, 0.3) is 0 Å². The van der Waals surface area contributed by atoms with E-state index < -0.39 is 4.92 Å². The topological polar surface area (TPSA) is 91.3 Å². The van der Waals surface area contributed by atoms with Crippen molar-refractivity contribution in [1.29, 1.82) is 0 Å². The Kier molecular flexibility index (Phi) is 4.74. The first-order chi connectivity index (χ1) is 9.95. The molecule has 0 spiro atoms. The predicted molar refractivity (Wildman–Crippen MR) is 75.3 cm³/mol. The lowest BCUT2D eigenvalue weighted by atomic mass is 10.1. The largest absolute Gasteiger partial charge is 0.477 e. The summed E-state index contributed by atoms with van der Waals surface area (Å²) in [6.07, 6.45) is 0.699. The average Bonchev–Trinajstić information content (AvgIpc) is 2.83. The smallest absolute Gasteiger partial charge is 0.312 e. The molecule has 0 amide bonds. The Labute approximate surface area is 126 Å². The van der Waals surface area contributed by atoms with Crippen LogP contribution < -0.4 is 4.74 Å². The van der Waals surface area contributed by atoms with Crippen LogP contribution >= 0.6 is 11.6 Å². The molecule has 2 aromatic rings. The fraction of sp³-hybridized carbons (Fsp3) is 0.385. The minimum absolute atomic E-state index is 0.0342. The van der Waals surface area contributed by atoms with Gasteiger partial charge in [-0.15, -0.1) is 0 Å². The summed E-state index contributed by atoms with van der Waals surface area (Å²) in [6, 6.07) is 4.18. The van der Waals surface area contributed by atoms with Gasteiger partial charge in [0.15, 0.2) is 18.2 Å². The summed E-state index contributed by atoms with van der Waals surface area (Å²) in [5.74, 6) is 1.38. The molecule has 1 aromatic heterocycles. The summed E-state index contributed by atoms with van der Waals surface area (Å²) in [7, 11) is 0. The monoisotopic (exact) mass is 311 g/mol. The zero-order chi connectivity index (χ0) is 15.4. The van der Waals surface area contributed by atoms with Gasteiger partial charge in [-0.3, -0.25) is 10.1 Å². The third kappa shape index (κ3) is 4.16. The lowest BCUT2D eigenvalue weighted by Crippen LogP contribution is -2.00. The predicted octanol–water partition coefficient (Wildman–Crippen LogP) is 3.41. The van der Waals surface area contributed by atoms with Crippen molar-refractivity contribution in [3.05, 3.63) is 45.1 Å². The van der Waals surface area contributed by atoms with Crippen LogP contribution in [-0.4, -0.2) is 15.1 Å². The number of halogens is 1. The van der Waals surface area contributed by atoms with Crippen molar-refractivity contribution in [2.24, 2.45) is 5.92 Å². The van der Waals surface area contributed by atoms with Crippen LogP contribution in [0.4, 0.5) is 5.69 Å². The summed E-state index contributed by atoms with van der Waals surface area (Å²) in [5, 5.41) is 15.0. The molecule has 7 nitrogen and oxygen atoms in total. The second-order valence-electron chi connectivity index (χ2n) is 4.86. The highest BCUT2D eigenvalue weighted by Crippen LogP contribution is 2.30. The fourth-order valence-electron chi connectivity index (χ4n) is 1.69. The van der Waals surface area contributed by atoms with Crippen molar-refractivity contribution in [2.45, 2.75) is 26.9 Å². The fourth-order valence-corrected chi connectivity index (χ4v) is 1.86. The van der Waals surface area contributed by atoms with E-state index in [0.29, 0.717) is 18.2 Å². The number of nitro benzene ring substituents is 1. The average molecular weight is 312 g/mol. The molecule has 2 rings (SSSR count). The molecule has 0 radical (unpaired) electrons. The summed E-state index contributed by atoms with van der Waals surface area (Å²) in [6.45, 7) is 4.06. The Morgan fingerprint density at radius 1 is 1.48 bits per heavy atom. The molecule has 0 atom stereocenters. The first-order valence-electron chi connectivity index (χ1n) is 6.34. The Hall–Kier alpha value is -2.15. The number of hydrogen-bond acceptors (Lipinski definition) is 6. The van der Waals surface area contributed by atoms with Gasteiger partial charge in [0.05, 0.1) is 4.92 Å². The van der Waals surface area contributed by atoms with Crippen LogP contribution in [0, 0.1) is 16.0 Å². The summed E-state index contributed by atoms with van der Waals surface area (Å²) < 4.78 is 10.4. The quantitative estimate of drug-likeness (QED) is 0.599.